The van der Waals surface area contributed by atoms with Crippen LogP contribution in [0, 0.1) is 5.82 Å². The van der Waals surface area contributed by atoms with Gasteiger partial charge < -0.3 is 16.4 Å². The second-order valence-electron chi connectivity index (χ2n) is 5.98. The van der Waals surface area contributed by atoms with Crippen molar-refractivity contribution in [3.63, 3.8) is 0 Å². The number of primary amides is 1. The summed E-state index contributed by atoms with van der Waals surface area (Å²) in [5.74, 6) is -2.24. The smallest absolute Gasteiger partial charge is 0.243 e. The van der Waals surface area contributed by atoms with Gasteiger partial charge in [-0.3, -0.25) is 19.2 Å². The summed E-state index contributed by atoms with van der Waals surface area (Å²) in [5, 5.41) is 4.98. The first-order valence-electron chi connectivity index (χ1n) is 8.35. The molecule has 0 radical (unpaired) electrons. The minimum Gasteiger partial charge on any atom is -0.368 e. The summed E-state index contributed by atoms with van der Waals surface area (Å²) in [5.41, 5.74) is 5.93. The van der Waals surface area contributed by atoms with Crippen molar-refractivity contribution in [1.82, 2.24) is 10.6 Å². The van der Waals surface area contributed by atoms with Crippen molar-refractivity contribution in [1.29, 1.82) is 0 Å². The molecule has 0 heterocycles. The Morgan fingerprint density at radius 1 is 1.08 bits per heavy atom. The Labute approximate surface area is 151 Å². The summed E-state index contributed by atoms with van der Waals surface area (Å²) in [6, 6.07) is 3.54. The Bertz CT molecular complexity index is 661. The van der Waals surface area contributed by atoms with Crippen molar-refractivity contribution < 1.29 is 23.6 Å². The first-order chi connectivity index (χ1) is 12.2. The van der Waals surface area contributed by atoms with E-state index in [1.54, 1.807) is 6.92 Å². The van der Waals surface area contributed by atoms with E-state index in [4.69, 9.17) is 5.73 Å². The molecule has 2 atom stereocenters. The highest BCUT2D eigenvalue weighted by Crippen LogP contribution is 2.07. The quantitative estimate of drug-likeness (QED) is 0.563. The molecule has 142 valence electrons. The van der Waals surface area contributed by atoms with Gasteiger partial charge in [0.15, 0.2) is 0 Å². The number of ketones is 1. The van der Waals surface area contributed by atoms with Gasteiger partial charge in [-0.15, -0.1) is 0 Å². The highest BCUT2D eigenvalue weighted by Gasteiger charge is 2.25. The van der Waals surface area contributed by atoms with Crippen molar-refractivity contribution in [2.24, 2.45) is 5.73 Å². The molecule has 0 aliphatic carbocycles. The number of Topliss-reactive ketones (excluding diaryl/α,β-unsaturated/α-hetero) is 1. The highest BCUT2D eigenvalue weighted by molar-refractivity contribution is 5.91. The third kappa shape index (κ3) is 7.42. The summed E-state index contributed by atoms with van der Waals surface area (Å²) in [6.07, 6.45) is 0.661. The van der Waals surface area contributed by atoms with E-state index in [-0.39, 0.29) is 25.0 Å². The first kappa shape index (κ1) is 21.3. The normalized spacial score (nSPS) is 12.7. The van der Waals surface area contributed by atoms with Gasteiger partial charge in [0, 0.05) is 26.2 Å². The zero-order valence-corrected chi connectivity index (χ0v) is 14.9. The fourth-order valence-electron chi connectivity index (χ4n) is 2.35. The predicted molar refractivity (Wildman–Crippen MR) is 93.4 cm³/mol. The average molecular weight is 365 g/mol. The van der Waals surface area contributed by atoms with E-state index >= 15 is 0 Å². The molecule has 1 rings (SSSR count). The zero-order valence-electron chi connectivity index (χ0n) is 14.9. The largest absolute Gasteiger partial charge is 0.368 e. The third-order valence-electron chi connectivity index (χ3n) is 3.81. The van der Waals surface area contributed by atoms with E-state index in [2.05, 4.69) is 10.6 Å². The topological polar surface area (TPSA) is 118 Å². The molecule has 0 unspecified atom stereocenters. The van der Waals surface area contributed by atoms with Crippen LogP contribution in [0.1, 0.15) is 38.7 Å². The van der Waals surface area contributed by atoms with E-state index in [0.29, 0.717) is 12.0 Å². The SMILES string of the molecule is CCC(=O)CC[C@H](NC(=O)[C@@H](Cc1ccc(F)cc1)NC(C)=O)C(N)=O. The maximum absolute atomic E-state index is 13.0. The summed E-state index contributed by atoms with van der Waals surface area (Å²) in [6.45, 7) is 2.96. The molecule has 0 bridgehead atoms. The summed E-state index contributed by atoms with van der Waals surface area (Å²) < 4.78 is 13.0. The monoisotopic (exact) mass is 365 g/mol. The van der Waals surface area contributed by atoms with Gasteiger partial charge >= 0.3 is 0 Å². The average Bonchev–Trinajstić information content (AvgIpc) is 2.58. The molecular formula is C18H24FN3O4. The number of carbonyl (C=O) groups excluding carboxylic acids is 4. The molecule has 0 saturated carbocycles. The molecule has 0 aliphatic heterocycles. The lowest BCUT2D eigenvalue weighted by Crippen LogP contribution is -2.53. The molecule has 7 nitrogen and oxygen atoms in total. The molecule has 8 heteroatoms. The van der Waals surface area contributed by atoms with Crippen LogP contribution in [-0.2, 0) is 25.6 Å². The Kier molecular flexibility index (Phi) is 8.41. The summed E-state index contributed by atoms with van der Waals surface area (Å²) in [7, 11) is 0. The van der Waals surface area contributed by atoms with Gasteiger partial charge in [0.2, 0.25) is 17.7 Å². The van der Waals surface area contributed by atoms with Gasteiger partial charge in [-0.05, 0) is 24.1 Å². The maximum atomic E-state index is 13.0. The van der Waals surface area contributed by atoms with Crippen LogP contribution in [0.2, 0.25) is 0 Å². The van der Waals surface area contributed by atoms with Crippen LogP contribution in [0.5, 0.6) is 0 Å². The number of rotatable bonds is 10. The third-order valence-corrected chi connectivity index (χ3v) is 3.81. The maximum Gasteiger partial charge on any atom is 0.243 e. The molecule has 0 fully saturated rings. The van der Waals surface area contributed by atoms with Crippen molar-refractivity contribution in [3.05, 3.63) is 35.6 Å². The van der Waals surface area contributed by atoms with Gasteiger partial charge in [-0.25, -0.2) is 4.39 Å². The second kappa shape index (κ2) is 10.3. The molecule has 0 aromatic heterocycles. The van der Waals surface area contributed by atoms with Crippen LogP contribution in [-0.4, -0.2) is 35.6 Å². The minimum absolute atomic E-state index is 0.0461. The highest BCUT2D eigenvalue weighted by atomic mass is 19.1. The fraction of sp³-hybridized carbons (Fsp3) is 0.444. The standard InChI is InChI=1S/C18H24FN3O4/c1-3-14(24)8-9-15(17(20)25)22-18(26)16(21-11(2)23)10-12-4-6-13(19)7-5-12/h4-7,15-16H,3,8-10H2,1-2H3,(H2,20,25)(H,21,23)(H,22,26)/t15-,16+/m0/s1. The zero-order chi connectivity index (χ0) is 19.7. The number of nitrogens with two attached hydrogens (primary N) is 1. The molecule has 0 spiro atoms. The molecule has 4 N–H and O–H groups in total. The number of hydrogen-bond donors (Lipinski definition) is 3. The van der Waals surface area contributed by atoms with Crippen LogP contribution in [0.25, 0.3) is 0 Å². The number of benzene rings is 1. The molecule has 1 aromatic carbocycles. The summed E-state index contributed by atoms with van der Waals surface area (Å²) in [4.78, 5) is 46.8. The van der Waals surface area contributed by atoms with Crippen molar-refractivity contribution >= 4 is 23.5 Å². The number of carbonyl (C=O) groups is 4. The molecule has 3 amide bonds. The first-order valence-corrected chi connectivity index (χ1v) is 8.35. The van der Waals surface area contributed by atoms with Gasteiger partial charge in [0.25, 0.3) is 0 Å². The lowest BCUT2D eigenvalue weighted by Gasteiger charge is -2.21. The second-order valence-corrected chi connectivity index (χ2v) is 5.98. The lowest BCUT2D eigenvalue weighted by molar-refractivity contribution is -0.131. The van der Waals surface area contributed by atoms with E-state index in [1.807, 2.05) is 0 Å². The van der Waals surface area contributed by atoms with Crippen molar-refractivity contribution in [3.8, 4) is 0 Å². The molecular weight excluding hydrogens is 341 g/mol. The molecule has 1 aromatic rings. The van der Waals surface area contributed by atoms with Gasteiger partial charge in [0.1, 0.15) is 23.7 Å². The van der Waals surface area contributed by atoms with Gasteiger partial charge in [0.05, 0.1) is 0 Å². The molecule has 26 heavy (non-hydrogen) atoms. The Morgan fingerprint density at radius 3 is 2.19 bits per heavy atom. The minimum atomic E-state index is -1.01. The number of hydrogen-bond acceptors (Lipinski definition) is 4. The van der Waals surface area contributed by atoms with E-state index < -0.39 is 35.6 Å². The van der Waals surface area contributed by atoms with Crippen LogP contribution < -0.4 is 16.4 Å². The molecule has 0 aliphatic rings. The number of halogens is 1. The Morgan fingerprint density at radius 2 is 1.69 bits per heavy atom. The van der Waals surface area contributed by atoms with E-state index in [9.17, 15) is 23.6 Å². The number of nitrogens with one attached hydrogen (secondary N) is 2. The lowest BCUT2D eigenvalue weighted by atomic mass is 10.0. The van der Waals surface area contributed by atoms with Gasteiger partial charge in [-0.2, -0.15) is 0 Å². The van der Waals surface area contributed by atoms with Crippen molar-refractivity contribution in [2.75, 3.05) is 0 Å². The van der Waals surface area contributed by atoms with Crippen LogP contribution in [0.3, 0.4) is 0 Å². The van der Waals surface area contributed by atoms with Crippen LogP contribution >= 0.6 is 0 Å². The van der Waals surface area contributed by atoms with Gasteiger partial charge in [-0.1, -0.05) is 19.1 Å². The van der Waals surface area contributed by atoms with Crippen molar-refractivity contribution in [2.45, 2.75) is 51.6 Å². The van der Waals surface area contributed by atoms with E-state index in [1.165, 1.54) is 31.2 Å². The van der Waals surface area contributed by atoms with E-state index in [0.717, 1.165) is 0 Å². The Hall–Kier alpha value is -2.77. The van der Waals surface area contributed by atoms with Crippen LogP contribution in [0.15, 0.2) is 24.3 Å². The fourth-order valence-corrected chi connectivity index (χ4v) is 2.35. The Balaban J connectivity index is 2.81. The summed E-state index contributed by atoms with van der Waals surface area (Å²) >= 11 is 0. The molecule has 0 saturated heterocycles. The number of amides is 3. The van der Waals surface area contributed by atoms with Crippen LogP contribution in [0.4, 0.5) is 4.39 Å². The predicted octanol–water partition coefficient (Wildman–Crippen LogP) is 0.602.